The Balaban J connectivity index is 2.17. The van der Waals surface area contributed by atoms with Gasteiger partial charge in [0, 0.05) is 29.8 Å². The SMILES string of the molecule is C/C(=C\Cl)COc1cc2c(cc1CNC(C)C)OCO2. The zero-order valence-electron chi connectivity index (χ0n) is 12.0. The van der Waals surface area contributed by atoms with Crippen LogP contribution >= 0.6 is 11.6 Å². The lowest BCUT2D eigenvalue weighted by Gasteiger charge is -2.14. The first kappa shape index (κ1) is 15.0. The van der Waals surface area contributed by atoms with Crippen LogP contribution in [0.2, 0.25) is 0 Å². The lowest BCUT2D eigenvalue weighted by atomic mass is 10.1. The largest absolute Gasteiger partial charge is 0.489 e. The van der Waals surface area contributed by atoms with Crippen LogP contribution in [0.15, 0.2) is 23.2 Å². The molecule has 0 aliphatic carbocycles. The van der Waals surface area contributed by atoms with E-state index in [9.17, 15) is 0 Å². The van der Waals surface area contributed by atoms with Crippen molar-refractivity contribution in [2.75, 3.05) is 13.4 Å². The van der Waals surface area contributed by atoms with Crippen molar-refractivity contribution in [2.45, 2.75) is 33.4 Å². The fourth-order valence-electron chi connectivity index (χ4n) is 1.78. The second-order valence-corrected chi connectivity index (χ2v) is 5.31. The van der Waals surface area contributed by atoms with E-state index in [0.29, 0.717) is 19.2 Å². The molecule has 1 N–H and O–H groups in total. The van der Waals surface area contributed by atoms with Crippen molar-refractivity contribution in [1.82, 2.24) is 5.32 Å². The van der Waals surface area contributed by atoms with E-state index in [-0.39, 0.29) is 6.79 Å². The van der Waals surface area contributed by atoms with Gasteiger partial charge in [0.2, 0.25) is 6.79 Å². The van der Waals surface area contributed by atoms with E-state index in [0.717, 1.165) is 28.4 Å². The zero-order valence-corrected chi connectivity index (χ0v) is 12.8. The van der Waals surface area contributed by atoms with Crippen molar-refractivity contribution < 1.29 is 14.2 Å². The fraction of sp³-hybridized carbons (Fsp3) is 0.467. The summed E-state index contributed by atoms with van der Waals surface area (Å²) in [5.74, 6) is 2.28. The molecule has 1 heterocycles. The van der Waals surface area contributed by atoms with Crippen molar-refractivity contribution >= 4 is 11.6 Å². The van der Waals surface area contributed by atoms with Gasteiger partial charge >= 0.3 is 0 Å². The highest BCUT2D eigenvalue weighted by Gasteiger charge is 2.18. The van der Waals surface area contributed by atoms with E-state index < -0.39 is 0 Å². The molecule has 0 amide bonds. The zero-order chi connectivity index (χ0) is 14.5. The molecule has 0 fully saturated rings. The van der Waals surface area contributed by atoms with Crippen LogP contribution in [-0.4, -0.2) is 19.4 Å². The molecule has 1 aliphatic rings. The Morgan fingerprint density at radius 3 is 2.75 bits per heavy atom. The van der Waals surface area contributed by atoms with Crippen molar-refractivity contribution in [3.05, 3.63) is 28.8 Å². The molecular weight excluding hydrogens is 278 g/mol. The van der Waals surface area contributed by atoms with Gasteiger partial charge in [0.15, 0.2) is 11.5 Å². The summed E-state index contributed by atoms with van der Waals surface area (Å²) in [7, 11) is 0. The van der Waals surface area contributed by atoms with E-state index in [1.807, 2.05) is 19.1 Å². The molecule has 110 valence electrons. The molecule has 0 radical (unpaired) electrons. The Kier molecular flexibility index (Phi) is 5.15. The summed E-state index contributed by atoms with van der Waals surface area (Å²) in [5.41, 5.74) is 3.54. The van der Waals surface area contributed by atoms with Gasteiger partial charge in [-0.05, 0) is 18.6 Å². The highest BCUT2D eigenvalue weighted by atomic mass is 35.5. The van der Waals surface area contributed by atoms with Crippen LogP contribution in [-0.2, 0) is 6.54 Å². The second kappa shape index (κ2) is 6.86. The number of rotatable bonds is 6. The third-order valence-electron chi connectivity index (χ3n) is 2.90. The van der Waals surface area contributed by atoms with E-state index in [1.54, 1.807) is 0 Å². The van der Waals surface area contributed by atoms with Gasteiger partial charge in [0.1, 0.15) is 12.4 Å². The molecule has 0 aromatic heterocycles. The molecule has 2 rings (SSSR count). The maximum atomic E-state index is 5.82. The topological polar surface area (TPSA) is 39.7 Å². The van der Waals surface area contributed by atoms with Gasteiger partial charge < -0.3 is 19.5 Å². The molecule has 4 nitrogen and oxygen atoms in total. The minimum Gasteiger partial charge on any atom is -0.489 e. The van der Waals surface area contributed by atoms with Gasteiger partial charge in [-0.1, -0.05) is 25.4 Å². The van der Waals surface area contributed by atoms with Gasteiger partial charge in [-0.2, -0.15) is 0 Å². The maximum absolute atomic E-state index is 5.82. The molecule has 1 aromatic carbocycles. The Hall–Kier alpha value is -1.39. The molecule has 0 bridgehead atoms. The summed E-state index contributed by atoms with van der Waals surface area (Å²) >= 11 is 5.66. The molecule has 5 heteroatoms. The normalized spacial score (nSPS) is 13.9. The first-order valence-electron chi connectivity index (χ1n) is 6.64. The highest BCUT2D eigenvalue weighted by molar-refractivity contribution is 6.25. The van der Waals surface area contributed by atoms with Gasteiger partial charge in [-0.3, -0.25) is 0 Å². The molecule has 0 saturated carbocycles. The van der Waals surface area contributed by atoms with Crippen LogP contribution in [0, 0.1) is 0 Å². The Bertz CT molecular complexity index is 500. The predicted octanol–water partition coefficient (Wildman–Crippen LogP) is 3.43. The first-order chi connectivity index (χ1) is 9.60. The van der Waals surface area contributed by atoms with Crippen LogP contribution < -0.4 is 19.5 Å². The van der Waals surface area contributed by atoms with Crippen LogP contribution in [0.5, 0.6) is 17.2 Å². The van der Waals surface area contributed by atoms with Crippen molar-refractivity contribution in [3.63, 3.8) is 0 Å². The van der Waals surface area contributed by atoms with Gasteiger partial charge in [-0.25, -0.2) is 0 Å². The molecule has 0 atom stereocenters. The number of benzene rings is 1. The lowest BCUT2D eigenvalue weighted by Crippen LogP contribution is -2.22. The molecule has 1 aromatic rings. The number of fused-ring (bicyclic) bond motifs is 1. The van der Waals surface area contributed by atoms with Crippen molar-refractivity contribution in [2.24, 2.45) is 0 Å². The maximum Gasteiger partial charge on any atom is 0.231 e. The van der Waals surface area contributed by atoms with Crippen LogP contribution in [0.25, 0.3) is 0 Å². The second-order valence-electron chi connectivity index (χ2n) is 5.09. The standard InChI is InChI=1S/C15H20ClNO3/c1-10(2)17-7-12-4-14-15(20-9-19-14)5-13(12)18-8-11(3)6-16/h4-6,10,17H,7-9H2,1-3H3/b11-6+. The average molecular weight is 298 g/mol. The summed E-state index contributed by atoms with van der Waals surface area (Å²) in [4.78, 5) is 0. The molecule has 0 spiro atoms. The fourth-order valence-corrected chi connectivity index (χ4v) is 1.84. The molecule has 20 heavy (non-hydrogen) atoms. The Morgan fingerprint density at radius 1 is 1.40 bits per heavy atom. The lowest BCUT2D eigenvalue weighted by molar-refractivity contribution is 0.173. The predicted molar refractivity (Wildman–Crippen MR) is 79.6 cm³/mol. The van der Waals surface area contributed by atoms with E-state index >= 15 is 0 Å². The molecule has 0 saturated heterocycles. The van der Waals surface area contributed by atoms with E-state index in [2.05, 4.69) is 19.2 Å². The summed E-state index contributed by atoms with van der Waals surface area (Å²) in [6.07, 6.45) is 0. The van der Waals surface area contributed by atoms with Gasteiger partial charge in [0.05, 0.1) is 0 Å². The average Bonchev–Trinajstić information content (AvgIpc) is 2.88. The Morgan fingerprint density at radius 2 is 2.10 bits per heavy atom. The summed E-state index contributed by atoms with van der Waals surface area (Å²) < 4.78 is 16.6. The number of ether oxygens (including phenoxy) is 3. The summed E-state index contributed by atoms with van der Waals surface area (Å²) in [6.45, 7) is 7.56. The highest BCUT2D eigenvalue weighted by Crippen LogP contribution is 2.38. The minimum atomic E-state index is 0.260. The number of nitrogens with one attached hydrogen (secondary N) is 1. The first-order valence-corrected chi connectivity index (χ1v) is 7.08. The number of hydrogen-bond acceptors (Lipinski definition) is 4. The van der Waals surface area contributed by atoms with Crippen molar-refractivity contribution in [3.8, 4) is 17.2 Å². The molecule has 1 aliphatic heterocycles. The third kappa shape index (κ3) is 3.81. The summed E-state index contributed by atoms with van der Waals surface area (Å²) in [5, 5.41) is 3.38. The minimum absolute atomic E-state index is 0.260. The Labute approximate surface area is 124 Å². The quantitative estimate of drug-likeness (QED) is 0.873. The monoisotopic (exact) mass is 297 g/mol. The van der Waals surface area contributed by atoms with Crippen molar-refractivity contribution in [1.29, 1.82) is 0 Å². The van der Waals surface area contributed by atoms with Gasteiger partial charge in [0.25, 0.3) is 0 Å². The van der Waals surface area contributed by atoms with Crippen LogP contribution in [0.3, 0.4) is 0 Å². The number of halogens is 1. The van der Waals surface area contributed by atoms with Gasteiger partial charge in [-0.15, -0.1) is 0 Å². The molecular formula is C15H20ClNO3. The number of hydrogen-bond donors (Lipinski definition) is 1. The third-order valence-corrected chi connectivity index (χ3v) is 3.27. The summed E-state index contributed by atoms with van der Waals surface area (Å²) in [6, 6.07) is 4.24. The van der Waals surface area contributed by atoms with Crippen LogP contribution in [0.1, 0.15) is 26.3 Å². The molecule has 0 unspecified atom stereocenters. The smallest absolute Gasteiger partial charge is 0.231 e. The van der Waals surface area contributed by atoms with E-state index in [4.69, 9.17) is 25.8 Å². The van der Waals surface area contributed by atoms with E-state index in [1.165, 1.54) is 5.54 Å². The van der Waals surface area contributed by atoms with Crippen LogP contribution in [0.4, 0.5) is 0 Å².